The number of nitrogens with one attached hydrogen (secondary N) is 1. The number of nitrogens with zero attached hydrogens (tertiary/aromatic N) is 1. The van der Waals surface area contributed by atoms with E-state index in [1.165, 1.54) is 6.07 Å². The number of nitro groups is 1. The molecule has 1 N–H and O–H groups in total. The smallest absolute Gasteiger partial charge is 0.275 e. The minimum absolute atomic E-state index is 0.0378. The molecular weight excluding hydrogens is 227 g/mol. The Morgan fingerprint density at radius 3 is 2.76 bits per heavy atom. The largest absolute Gasteiger partial charge is 0.486 e. The summed E-state index contributed by atoms with van der Waals surface area (Å²) >= 11 is 0. The fourth-order valence-corrected chi connectivity index (χ4v) is 1.48. The van der Waals surface area contributed by atoms with Gasteiger partial charge in [0.25, 0.3) is 5.69 Å². The molecule has 0 amide bonds. The first-order valence-corrected chi connectivity index (χ1v) is 5.21. The number of hydrogen-bond acceptors (Lipinski definition) is 4. The molecule has 0 heterocycles. The van der Waals surface area contributed by atoms with E-state index in [-0.39, 0.29) is 17.5 Å². The van der Waals surface area contributed by atoms with Gasteiger partial charge < -0.3 is 10.1 Å². The zero-order valence-corrected chi connectivity index (χ0v) is 9.99. The molecule has 0 spiro atoms. The molecule has 0 aromatic heterocycles. The average Bonchev–Trinajstić information content (AvgIpc) is 2.22. The highest BCUT2D eigenvalue weighted by Gasteiger charge is 2.17. The lowest BCUT2D eigenvalue weighted by molar-refractivity contribution is -0.385. The summed E-state index contributed by atoms with van der Waals surface area (Å²) in [6, 6.07) is 2.23. The first-order chi connectivity index (χ1) is 7.95. The SMILES string of the molecule is CNCC(C)Oc1cc(C)c([N+](=O)[O-])cc1F. The Hall–Kier alpha value is -1.69. The van der Waals surface area contributed by atoms with Crippen LogP contribution < -0.4 is 10.1 Å². The third kappa shape index (κ3) is 3.39. The van der Waals surface area contributed by atoms with Crippen LogP contribution >= 0.6 is 0 Å². The summed E-state index contributed by atoms with van der Waals surface area (Å²) in [4.78, 5) is 9.99. The molecule has 94 valence electrons. The Labute approximate surface area is 98.7 Å². The molecule has 1 aromatic carbocycles. The highest BCUT2D eigenvalue weighted by atomic mass is 19.1. The predicted octanol–water partition coefficient (Wildman–Crippen LogP) is 2.03. The number of halogens is 1. The lowest BCUT2D eigenvalue weighted by atomic mass is 10.2. The number of rotatable bonds is 5. The van der Waals surface area contributed by atoms with E-state index in [9.17, 15) is 14.5 Å². The highest BCUT2D eigenvalue weighted by molar-refractivity contribution is 5.45. The number of likely N-dealkylation sites (N-methyl/N-ethyl adjacent to an activating group) is 1. The van der Waals surface area contributed by atoms with Crippen molar-refractivity contribution in [1.29, 1.82) is 0 Å². The van der Waals surface area contributed by atoms with E-state index >= 15 is 0 Å². The van der Waals surface area contributed by atoms with Gasteiger partial charge in [0, 0.05) is 12.1 Å². The van der Waals surface area contributed by atoms with Crippen LogP contribution in [0.25, 0.3) is 0 Å². The molecule has 0 saturated heterocycles. The van der Waals surface area contributed by atoms with Crippen molar-refractivity contribution in [1.82, 2.24) is 5.32 Å². The van der Waals surface area contributed by atoms with Crippen molar-refractivity contribution >= 4 is 5.69 Å². The van der Waals surface area contributed by atoms with Crippen LogP contribution in [0.5, 0.6) is 5.75 Å². The number of nitro benzene ring substituents is 1. The monoisotopic (exact) mass is 242 g/mol. The molecule has 0 bridgehead atoms. The van der Waals surface area contributed by atoms with E-state index in [1.807, 2.05) is 0 Å². The normalized spacial score (nSPS) is 12.2. The van der Waals surface area contributed by atoms with E-state index in [0.717, 1.165) is 6.07 Å². The molecule has 17 heavy (non-hydrogen) atoms. The molecule has 1 rings (SSSR count). The Kier molecular flexibility index (Phi) is 4.39. The Morgan fingerprint density at radius 2 is 2.24 bits per heavy atom. The van der Waals surface area contributed by atoms with Gasteiger partial charge in [0.2, 0.25) is 0 Å². The van der Waals surface area contributed by atoms with Crippen molar-refractivity contribution in [3.05, 3.63) is 33.6 Å². The maximum atomic E-state index is 13.5. The predicted molar refractivity (Wildman–Crippen MR) is 61.8 cm³/mol. The Bertz CT molecular complexity index is 423. The van der Waals surface area contributed by atoms with Gasteiger partial charge >= 0.3 is 0 Å². The number of benzene rings is 1. The average molecular weight is 242 g/mol. The van der Waals surface area contributed by atoms with Gasteiger partial charge in [-0.2, -0.15) is 0 Å². The van der Waals surface area contributed by atoms with Crippen LogP contribution in [0.15, 0.2) is 12.1 Å². The van der Waals surface area contributed by atoms with Crippen LogP contribution in [0.1, 0.15) is 12.5 Å². The van der Waals surface area contributed by atoms with Crippen LogP contribution in [0, 0.1) is 22.9 Å². The topological polar surface area (TPSA) is 64.4 Å². The van der Waals surface area contributed by atoms with Gasteiger partial charge in [0.1, 0.15) is 6.10 Å². The van der Waals surface area contributed by atoms with Gasteiger partial charge in [-0.05, 0) is 27.0 Å². The summed E-state index contributed by atoms with van der Waals surface area (Å²) in [5, 5.41) is 13.5. The minimum Gasteiger partial charge on any atom is -0.486 e. The van der Waals surface area contributed by atoms with Gasteiger partial charge in [-0.15, -0.1) is 0 Å². The zero-order valence-electron chi connectivity index (χ0n) is 9.99. The molecule has 0 radical (unpaired) electrons. The van der Waals surface area contributed by atoms with Crippen molar-refractivity contribution in [3.63, 3.8) is 0 Å². The molecule has 5 nitrogen and oxygen atoms in total. The van der Waals surface area contributed by atoms with Crippen LogP contribution in [0.2, 0.25) is 0 Å². The molecule has 0 aliphatic heterocycles. The number of aryl methyl sites for hydroxylation is 1. The minimum atomic E-state index is -0.717. The van der Waals surface area contributed by atoms with Gasteiger partial charge in [-0.3, -0.25) is 10.1 Å². The number of hydrogen-bond donors (Lipinski definition) is 1. The van der Waals surface area contributed by atoms with Gasteiger partial charge in [0.05, 0.1) is 11.0 Å². The quantitative estimate of drug-likeness (QED) is 0.633. The Morgan fingerprint density at radius 1 is 1.59 bits per heavy atom. The summed E-state index contributed by atoms with van der Waals surface area (Å²) in [7, 11) is 1.76. The van der Waals surface area contributed by atoms with Crippen LogP contribution in [-0.2, 0) is 0 Å². The molecule has 0 fully saturated rings. The van der Waals surface area contributed by atoms with E-state index in [0.29, 0.717) is 12.1 Å². The molecule has 0 saturated carbocycles. The molecular formula is C11H15FN2O3. The van der Waals surface area contributed by atoms with E-state index in [4.69, 9.17) is 4.74 Å². The number of ether oxygens (including phenoxy) is 1. The van der Waals surface area contributed by atoms with E-state index < -0.39 is 10.7 Å². The standard InChI is InChI=1S/C11H15FN2O3/c1-7-4-11(17-8(2)6-13-3)9(12)5-10(7)14(15)16/h4-5,8,13H,6H2,1-3H3. The summed E-state index contributed by atoms with van der Waals surface area (Å²) in [5.41, 5.74) is 0.138. The van der Waals surface area contributed by atoms with Crippen molar-refractivity contribution < 1.29 is 14.1 Å². The lowest BCUT2D eigenvalue weighted by Gasteiger charge is -2.15. The second-order valence-corrected chi connectivity index (χ2v) is 3.81. The molecule has 1 atom stereocenters. The van der Waals surface area contributed by atoms with Crippen molar-refractivity contribution in [2.24, 2.45) is 0 Å². The molecule has 0 aliphatic carbocycles. The van der Waals surface area contributed by atoms with Gasteiger partial charge in [-0.1, -0.05) is 0 Å². The van der Waals surface area contributed by atoms with Gasteiger partial charge in [0.15, 0.2) is 11.6 Å². The van der Waals surface area contributed by atoms with E-state index in [1.54, 1.807) is 20.9 Å². The summed E-state index contributed by atoms with van der Waals surface area (Å²) in [5.74, 6) is -0.680. The molecule has 6 heteroatoms. The van der Waals surface area contributed by atoms with Gasteiger partial charge in [-0.25, -0.2) is 4.39 Å². The fraction of sp³-hybridized carbons (Fsp3) is 0.455. The lowest BCUT2D eigenvalue weighted by Crippen LogP contribution is -2.26. The summed E-state index contributed by atoms with van der Waals surface area (Å²) in [6.45, 7) is 3.90. The molecule has 0 aliphatic rings. The second-order valence-electron chi connectivity index (χ2n) is 3.81. The van der Waals surface area contributed by atoms with Crippen LogP contribution in [0.4, 0.5) is 10.1 Å². The fourth-order valence-electron chi connectivity index (χ4n) is 1.48. The first kappa shape index (κ1) is 13.4. The van der Waals surface area contributed by atoms with Crippen LogP contribution in [0.3, 0.4) is 0 Å². The van der Waals surface area contributed by atoms with Crippen molar-refractivity contribution in [3.8, 4) is 5.75 Å². The van der Waals surface area contributed by atoms with Crippen LogP contribution in [-0.4, -0.2) is 24.6 Å². The first-order valence-electron chi connectivity index (χ1n) is 5.21. The summed E-state index contributed by atoms with van der Waals surface area (Å²) < 4.78 is 18.9. The Balaban J connectivity index is 2.95. The molecule has 1 unspecified atom stereocenters. The maximum Gasteiger partial charge on any atom is 0.275 e. The molecule has 1 aromatic rings. The zero-order chi connectivity index (χ0) is 13.0. The third-order valence-electron chi connectivity index (χ3n) is 2.27. The summed E-state index contributed by atoms with van der Waals surface area (Å²) in [6.07, 6.45) is -0.213. The van der Waals surface area contributed by atoms with E-state index in [2.05, 4.69) is 5.32 Å². The highest BCUT2D eigenvalue weighted by Crippen LogP contribution is 2.27. The second kappa shape index (κ2) is 5.58. The maximum absolute atomic E-state index is 13.5. The van der Waals surface area contributed by atoms with Crippen molar-refractivity contribution in [2.45, 2.75) is 20.0 Å². The third-order valence-corrected chi connectivity index (χ3v) is 2.27. The van der Waals surface area contributed by atoms with Crippen molar-refractivity contribution in [2.75, 3.05) is 13.6 Å².